The summed E-state index contributed by atoms with van der Waals surface area (Å²) in [4.78, 5) is 11.9. The number of carbonyl (C=O) groups excluding carboxylic acids is 1. The zero-order valence-corrected chi connectivity index (χ0v) is 11.4. The average molecular weight is 250 g/mol. The fraction of sp³-hybridized carbons (Fsp3) is 0.500. The Hall–Kier alpha value is -1.39. The summed E-state index contributed by atoms with van der Waals surface area (Å²) in [6.45, 7) is 6.07. The summed E-state index contributed by atoms with van der Waals surface area (Å²) >= 11 is 0. The third-order valence-electron chi connectivity index (χ3n) is 2.61. The van der Waals surface area contributed by atoms with E-state index in [1.165, 1.54) is 0 Å². The average Bonchev–Trinajstić information content (AvgIpc) is 2.28. The SMILES string of the molecule is CNCC(O)c1cccc(NC(=O)C(C)(C)C)c1. The Morgan fingerprint density at radius 2 is 2.06 bits per heavy atom. The van der Waals surface area contributed by atoms with Crippen molar-refractivity contribution in [2.24, 2.45) is 5.41 Å². The fourth-order valence-electron chi connectivity index (χ4n) is 1.45. The van der Waals surface area contributed by atoms with Gasteiger partial charge in [0.2, 0.25) is 5.91 Å². The molecule has 4 nitrogen and oxygen atoms in total. The van der Waals surface area contributed by atoms with Crippen molar-refractivity contribution in [2.75, 3.05) is 18.9 Å². The molecule has 0 spiro atoms. The lowest BCUT2D eigenvalue weighted by molar-refractivity contribution is -0.123. The minimum atomic E-state index is -0.568. The van der Waals surface area contributed by atoms with Crippen molar-refractivity contribution in [2.45, 2.75) is 26.9 Å². The molecule has 0 radical (unpaired) electrons. The van der Waals surface area contributed by atoms with Gasteiger partial charge in [0.15, 0.2) is 0 Å². The van der Waals surface area contributed by atoms with Gasteiger partial charge in [0.1, 0.15) is 0 Å². The molecule has 1 atom stereocenters. The normalized spacial score (nSPS) is 13.2. The molecule has 0 saturated carbocycles. The Bertz CT molecular complexity index is 411. The van der Waals surface area contributed by atoms with E-state index in [9.17, 15) is 9.90 Å². The molecule has 1 amide bonds. The number of nitrogens with one attached hydrogen (secondary N) is 2. The highest BCUT2D eigenvalue weighted by Gasteiger charge is 2.21. The smallest absolute Gasteiger partial charge is 0.229 e. The van der Waals surface area contributed by atoms with Crippen molar-refractivity contribution in [1.82, 2.24) is 5.32 Å². The molecule has 1 aromatic carbocycles. The van der Waals surface area contributed by atoms with Gasteiger partial charge in [-0.15, -0.1) is 0 Å². The van der Waals surface area contributed by atoms with Crippen LogP contribution in [0.4, 0.5) is 5.69 Å². The van der Waals surface area contributed by atoms with Gasteiger partial charge >= 0.3 is 0 Å². The quantitative estimate of drug-likeness (QED) is 0.765. The molecule has 4 heteroatoms. The van der Waals surface area contributed by atoms with Crippen LogP contribution in [0.5, 0.6) is 0 Å². The summed E-state index contributed by atoms with van der Waals surface area (Å²) in [6, 6.07) is 7.28. The fourth-order valence-corrected chi connectivity index (χ4v) is 1.45. The molecule has 100 valence electrons. The molecule has 1 aromatic rings. The summed E-state index contributed by atoms with van der Waals surface area (Å²) < 4.78 is 0. The predicted molar refractivity (Wildman–Crippen MR) is 73.4 cm³/mol. The van der Waals surface area contributed by atoms with Crippen LogP contribution in [-0.2, 0) is 4.79 Å². The van der Waals surface area contributed by atoms with Gasteiger partial charge in [-0.25, -0.2) is 0 Å². The van der Waals surface area contributed by atoms with E-state index in [-0.39, 0.29) is 5.91 Å². The van der Waals surface area contributed by atoms with E-state index in [1.807, 2.05) is 39.0 Å². The van der Waals surface area contributed by atoms with E-state index in [1.54, 1.807) is 13.1 Å². The summed E-state index contributed by atoms with van der Waals surface area (Å²) in [7, 11) is 1.79. The van der Waals surface area contributed by atoms with Gasteiger partial charge in [-0.2, -0.15) is 0 Å². The van der Waals surface area contributed by atoms with E-state index in [4.69, 9.17) is 0 Å². The lowest BCUT2D eigenvalue weighted by Gasteiger charge is -2.18. The number of aliphatic hydroxyl groups excluding tert-OH is 1. The molecular formula is C14H22N2O2. The van der Waals surface area contributed by atoms with Crippen molar-refractivity contribution in [3.05, 3.63) is 29.8 Å². The highest BCUT2D eigenvalue weighted by molar-refractivity contribution is 5.94. The zero-order valence-electron chi connectivity index (χ0n) is 11.4. The zero-order chi connectivity index (χ0) is 13.8. The number of hydrogen-bond donors (Lipinski definition) is 3. The number of anilines is 1. The van der Waals surface area contributed by atoms with Crippen molar-refractivity contribution in [1.29, 1.82) is 0 Å². The van der Waals surface area contributed by atoms with Gasteiger partial charge in [-0.1, -0.05) is 32.9 Å². The first-order valence-corrected chi connectivity index (χ1v) is 6.08. The second-order valence-electron chi connectivity index (χ2n) is 5.40. The van der Waals surface area contributed by atoms with Crippen LogP contribution in [0.2, 0.25) is 0 Å². The molecule has 0 heterocycles. The van der Waals surface area contributed by atoms with Gasteiger partial charge < -0.3 is 15.7 Å². The number of benzene rings is 1. The van der Waals surface area contributed by atoms with Crippen LogP contribution in [0.1, 0.15) is 32.4 Å². The van der Waals surface area contributed by atoms with Gasteiger partial charge in [-0.05, 0) is 24.7 Å². The Balaban J connectivity index is 2.80. The maximum absolute atomic E-state index is 11.9. The van der Waals surface area contributed by atoms with E-state index in [0.29, 0.717) is 12.2 Å². The van der Waals surface area contributed by atoms with Gasteiger partial charge in [-0.3, -0.25) is 4.79 Å². The Morgan fingerprint density at radius 1 is 1.39 bits per heavy atom. The second-order valence-corrected chi connectivity index (χ2v) is 5.40. The van der Waals surface area contributed by atoms with E-state index in [0.717, 1.165) is 5.56 Å². The maximum Gasteiger partial charge on any atom is 0.229 e. The van der Waals surface area contributed by atoms with Crippen LogP contribution in [-0.4, -0.2) is 24.6 Å². The number of aliphatic hydroxyl groups is 1. The van der Waals surface area contributed by atoms with Crippen molar-refractivity contribution in [3.8, 4) is 0 Å². The summed E-state index contributed by atoms with van der Waals surface area (Å²) in [5.41, 5.74) is 1.07. The first kappa shape index (κ1) is 14.7. The third kappa shape index (κ3) is 4.13. The van der Waals surface area contributed by atoms with Crippen molar-refractivity contribution < 1.29 is 9.90 Å². The second kappa shape index (κ2) is 5.98. The van der Waals surface area contributed by atoms with Crippen LogP contribution >= 0.6 is 0 Å². The predicted octanol–water partition coefficient (Wildman–Crippen LogP) is 1.92. The monoisotopic (exact) mass is 250 g/mol. The van der Waals surface area contributed by atoms with Gasteiger partial charge in [0.05, 0.1) is 6.10 Å². The standard InChI is InChI=1S/C14H22N2O2/c1-14(2,3)13(18)16-11-7-5-6-10(8-11)12(17)9-15-4/h5-8,12,15,17H,9H2,1-4H3,(H,16,18). The third-order valence-corrected chi connectivity index (χ3v) is 2.61. The van der Waals surface area contributed by atoms with E-state index >= 15 is 0 Å². The number of amides is 1. The lowest BCUT2D eigenvalue weighted by Crippen LogP contribution is -2.27. The summed E-state index contributed by atoms with van der Waals surface area (Å²) in [5.74, 6) is -0.0391. The molecule has 0 aliphatic heterocycles. The summed E-state index contributed by atoms with van der Waals surface area (Å²) in [6.07, 6.45) is -0.568. The molecule has 0 aromatic heterocycles. The van der Waals surface area contributed by atoms with Crippen LogP contribution < -0.4 is 10.6 Å². The molecule has 0 bridgehead atoms. The molecule has 0 aliphatic rings. The molecular weight excluding hydrogens is 228 g/mol. The largest absolute Gasteiger partial charge is 0.387 e. The first-order chi connectivity index (χ1) is 8.34. The lowest BCUT2D eigenvalue weighted by atomic mass is 9.95. The number of likely N-dealkylation sites (N-methyl/N-ethyl adjacent to an activating group) is 1. The van der Waals surface area contributed by atoms with Gasteiger partial charge in [0, 0.05) is 17.6 Å². The first-order valence-electron chi connectivity index (χ1n) is 6.08. The number of hydrogen-bond acceptors (Lipinski definition) is 3. The van der Waals surface area contributed by atoms with E-state index in [2.05, 4.69) is 10.6 Å². The Labute approximate surface area is 108 Å². The number of rotatable bonds is 4. The Kier molecular flexibility index (Phi) is 4.87. The molecule has 0 aliphatic carbocycles. The van der Waals surface area contributed by atoms with Gasteiger partial charge in [0.25, 0.3) is 0 Å². The van der Waals surface area contributed by atoms with Crippen LogP contribution in [0.25, 0.3) is 0 Å². The van der Waals surface area contributed by atoms with Crippen LogP contribution in [0.3, 0.4) is 0 Å². The number of carbonyl (C=O) groups is 1. The highest BCUT2D eigenvalue weighted by Crippen LogP contribution is 2.20. The molecule has 1 unspecified atom stereocenters. The highest BCUT2D eigenvalue weighted by atomic mass is 16.3. The van der Waals surface area contributed by atoms with Crippen molar-refractivity contribution in [3.63, 3.8) is 0 Å². The Morgan fingerprint density at radius 3 is 2.61 bits per heavy atom. The molecule has 1 rings (SSSR count). The van der Waals surface area contributed by atoms with Crippen LogP contribution in [0, 0.1) is 5.41 Å². The molecule has 0 fully saturated rings. The maximum atomic E-state index is 11.9. The van der Waals surface area contributed by atoms with Crippen LogP contribution in [0.15, 0.2) is 24.3 Å². The van der Waals surface area contributed by atoms with E-state index < -0.39 is 11.5 Å². The minimum absolute atomic E-state index is 0.0391. The molecule has 18 heavy (non-hydrogen) atoms. The molecule has 3 N–H and O–H groups in total. The van der Waals surface area contributed by atoms with Crippen molar-refractivity contribution >= 4 is 11.6 Å². The minimum Gasteiger partial charge on any atom is -0.387 e. The topological polar surface area (TPSA) is 61.4 Å². The molecule has 0 saturated heterocycles. The summed E-state index contributed by atoms with van der Waals surface area (Å²) in [5, 5.41) is 15.6.